The first-order valence-electron chi connectivity index (χ1n) is 6.37. The van der Waals surface area contributed by atoms with E-state index in [0.717, 1.165) is 23.8 Å². The van der Waals surface area contributed by atoms with Crippen LogP contribution >= 0.6 is 11.3 Å². The van der Waals surface area contributed by atoms with Crippen LogP contribution in [0.3, 0.4) is 0 Å². The van der Waals surface area contributed by atoms with Gasteiger partial charge in [-0.3, -0.25) is 4.79 Å². The lowest BCUT2D eigenvalue weighted by Gasteiger charge is -2.05. The van der Waals surface area contributed by atoms with Gasteiger partial charge in [-0.2, -0.15) is 0 Å². The maximum absolute atomic E-state index is 11.8. The molecule has 106 valence electrons. The van der Waals surface area contributed by atoms with Crippen LogP contribution in [-0.2, 0) is 6.54 Å². The predicted octanol–water partition coefficient (Wildman–Crippen LogP) is 1.23. The second kappa shape index (κ2) is 7.56. The van der Waals surface area contributed by atoms with Gasteiger partial charge < -0.3 is 16.4 Å². The highest BCUT2D eigenvalue weighted by Gasteiger charge is 2.08. The van der Waals surface area contributed by atoms with Crippen LogP contribution in [0.25, 0.3) is 0 Å². The third kappa shape index (κ3) is 4.29. The summed E-state index contributed by atoms with van der Waals surface area (Å²) in [6.45, 7) is 1.71. The van der Waals surface area contributed by atoms with Gasteiger partial charge in [-0.05, 0) is 18.6 Å². The molecule has 4 N–H and O–H groups in total. The van der Waals surface area contributed by atoms with E-state index in [-0.39, 0.29) is 5.91 Å². The minimum Gasteiger partial charge on any atom is -0.370 e. The molecular formula is C13H17N5OS. The van der Waals surface area contributed by atoms with Crippen molar-refractivity contribution in [1.29, 1.82) is 0 Å². The summed E-state index contributed by atoms with van der Waals surface area (Å²) in [7, 11) is 0. The Labute approximate surface area is 121 Å². The van der Waals surface area contributed by atoms with E-state index in [1.54, 1.807) is 11.6 Å². The van der Waals surface area contributed by atoms with Crippen molar-refractivity contribution in [2.75, 3.05) is 18.4 Å². The zero-order valence-corrected chi connectivity index (χ0v) is 11.8. The summed E-state index contributed by atoms with van der Waals surface area (Å²) in [5.41, 5.74) is 5.90. The molecule has 2 aromatic heterocycles. The van der Waals surface area contributed by atoms with Crippen LogP contribution in [-0.4, -0.2) is 29.0 Å². The molecule has 0 radical (unpaired) electrons. The van der Waals surface area contributed by atoms with Crippen molar-refractivity contribution in [3.05, 3.63) is 40.5 Å². The molecule has 0 aromatic carbocycles. The van der Waals surface area contributed by atoms with Crippen molar-refractivity contribution in [3.8, 4) is 0 Å². The molecule has 1 amide bonds. The number of carbonyl (C=O) groups is 1. The Kier molecular flexibility index (Phi) is 5.45. The van der Waals surface area contributed by atoms with Gasteiger partial charge in [0.2, 0.25) is 0 Å². The summed E-state index contributed by atoms with van der Waals surface area (Å²) in [6, 6.07) is 5.70. The summed E-state index contributed by atoms with van der Waals surface area (Å²) in [5.74, 6) is 0.685. The van der Waals surface area contributed by atoms with Gasteiger partial charge in [-0.1, -0.05) is 6.07 Å². The number of pyridine rings is 1. The van der Waals surface area contributed by atoms with Crippen LogP contribution in [0.15, 0.2) is 29.8 Å². The van der Waals surface area contributed by atoms with Gasteiger partial charge in [-0.25, -0.2) is 9.97 Å². The van der Waals surface area contributed by atoms with Gasteiger partial charge >= 0.3 is 0 Å². The Balaban J connectivity index is 1.64. The molecule has 0 bridgehead atoms. The number of amides is 1. The SMILES string of the molecule is NCc1nc(C(=O)NCCCNc2ccccn2)cs1. The molecule has 20 heavy (non-hydrogen) atoms. The molecule has 0 aliphatic rings. The number of thiazole rings is 1. The van der Waals surface area contributed by atoms with E-state index in [9.17, 15) is 4.79 Å². The van der Waals surface area contributed by atoms with Crippen LogP contribution in [0.2, 0.25) is 0 Å². The van der Waals surface area contributed by atoms with E-state index >= 15 is 0 Å². The fraction of sp³-hybridized carbons (Fsp3) is 0.308. The van der Waals surface area contributed by atoms with Crippen molar-refractivity contribution in [2.24, 2.45) is 5.73 Å². The first-order valence-corrected chi connectivity index (χ1v) is 7.25. The summed E-state index contributed by atoms with van der Waals surface area (Å²) in [6.07, 6.45) is 2.55. The molecule has 0 aliphatic carbocycles. The molecule has 2 aromatic rings. The topological polar surface area (TPSA) is 92.9 Å². The molecule has 7 heteroatoms. The molecular weight excluding hydrogens is 274 g/mol. The first kappa shape index (κ1) is 14.4. The van der Waals surface area contributed by atoms with Crippen molar-refractivity contribution in [1.82, 2.24) is 15.3 Å². The van der Waals surface area contributed by atoms with Crippen molar-refractivity contribution in [2.45, 2.75) is 13.0 Å². The molecule has 6 nitrogen and oxygen atoms in total. The molecule has 0 saturated carbocycles. The zero-order chi connectivity index (χ0) is 14.2. The number of nitrogens with two attached hydrogens (primary N) is 1. The standard InChI is InChI=1S/C13H17N5OS/c14-8-12-18-10(9-20-12)13(19)17-7-3-6-16-11-4-1-2-5-15-11/h1-2,4-5,9H,3,6-8,14H2,(H,15,16)(H,17,19). The highest BCUT2D eigenvalue weighted by atomic mass is 32.1. The normalized spacial score (nSPS) is 10.2. The summed E-state index contributed by atoms with van der Waals surface area (Å²) < 4.78 is 0. The van der Waals surface area contributed by atoms with E-state index in [2.05, 4.69) is 20.6 Å². The summed E-state index contributed by atoms with van der Waals surface area (Å²) in [5, 5.41) is 8.50. The number of rotatable bonds is 7. The molecule has 2 rings (SSSR count). The third-order valence-electron chi connectivity index (χ3n) is 2.57. The number of anilines is 1. The minimum absolute atomic E-state index is 0.154. The zero-order valence-electron chi connectivity index (χ0n) is 11.0. The monoisotopic (exact) mass is 291 g/mol. The highest BCUT2D eigenvalue weighted by Crippen LogP contribution is 2.08. The fourth-order valence-corrected chi connectivity index (χ4v) is 2.23. The second-order valence-corrected chi connectivity index (χ2v) is 5.02. The Morgan fingerprint density at radius 3 is 2.95 bits per heavy atom. The molecule has 0 aliphatic heterocycles. The van der Waals surface area contributed by atoms with E-state index in [4.69, 9.17) is 5.73 Å². The second-order valence-electron chi connectivity index (χ2n) is 4.08. The van der Waals surface area contributed by atoms with Gasteiger partial charge in [0.1, 0.15) is 16.5 Å². The van der Waals surface area contributed by atoms with Crippen LogP contribution in [0.4, 0.5) is 5.82 Å². The Bertz CT molecular complexity index is 543. The van der Waals surface area contributed by atoms with E-state index in [0.29, 0.717) is 18.8 Å². The fourth-order valence-electron chi connectivity index (χ4n) is 1.57. The molecule has 0 saturated heterocycles. The molecule has 0 unspecified atom stereocenters. The number of nitrogens with zero attached hydrogens (tertiary/aromatic N) is 2. The summed E-state index contributed by atoms with van der Waals surface area (Å²) in [4.78, 5) is 20.0. The average molecular weight is 291 g/mol. The third-order valence-corrected chi connectivity index (χ3v) is 3.44. The average Bonchev–Trinajstić information content (AvgIpc) is 2.97. The predicted molar refractivity (Wildman–Crippen MR) is 79.7 cm³/mol. The highest BCUT2D eigenvalue weighted by molar-refractivity contribution is 7.09. The van der Waals surface area contributed by atoms with Crippen molar-refractivity contribution >= 4 is 23.1 Å². The molecule has 2 heterocycles. The molecule has 0 atom stereocenters. The van der Waals surface area contributed by atoms with Gasteiger partial charge in [0.25, 0.3) is 5.91 Å². The van der Waals surface area contributed by atoms with Gasteiger partial charge in [0.05, 0.1) is 0 Å². The van der Waals surface area contributed by atoms with Crippen LogP contribution < -0.4 is 16.4 Å². The largest absolute Gasteiger partial charge is 0.370 e. The first-order chi connectivity index (χ1) is 9.79. The van der Waals surface area contributed by atoms with Gasteiger partial charge in [0, 0.05) is 31.2 Å². The van der Waals surface area contributed by atoms with Crippen molar-refractivity contribution in [3.63, 3.8) is 0 Å². The molecule has 0 spiro atoms. The lowest BCUT2D eigenvalue weighted by molar-refractivity contribution is 0.0949. The lowest BCUT2D eigenvalue weighted by Crippen LogP contribution is -2.26. The Hall–Kier alpha value is -1.99. The number of aromatic nitrogens is 2. The number of hydrogen-bond donors (Lipinski definition) is 3. The maximum atomic E-state index is 11.8. The smallest absolute Gasteiger partial charge is 0.270 e. The van der Waals surface area contributed by atoms with Crippen LogP contribution in [0.5, 0.6) is 0 Å². The summed E-state index contributed by atoms with van der Waals surface area (Å²) >= 11 is 1.40. The van der Waals surface area contributed by atoms with E-state index < -0.39 is 0 Å². The lowest BCUT2D eigenvalue weighted by atomic mass is 10.3. The van der Waals surface area contributed by atoms with E-state index in [1.165, 1.54) is 11.3 Å². The Morgan fingerprint density at radius 1 is 1.35 bits per heavy atom. The van der Waals surface area contributed by atoms with E-state index in [1.807, 2.05) is 18.2 Å². The maximum Gasteiger partial charge on any atom is 0.270 e. The van der Waals surface area contributed by atoms with Crippen molar-refractivity contribution < 1.29 is 4.79 Å². The van der Waals surface area contributed by atoms with Gasteiger partial charge in [0.15, 0.2) is 0 Å². The molecule has 0 fully saturated rings. The number of hydrogen-bond acceptors (Lipinski definition) is 6. The quantitative estimate of drug-likeness (QED) is 0.667. The van der Waals surface area contributed by atoms with Crippen LogP contribution in [0, 0.1) is 0 Å². The number of nitrogens with one attached hydrogen (secondary N) is 2. The van der Waals surface area contributed by atoms with Crippen LogP contribution in [0.1, 0.15) is 21.9 Å². The minimum atomic E-state index is -0.154. The Morgan fingerprint density at radius 2 is 2.25 bits per heavy atom. The number of carbonyl (C=O) groups excluding carboxylic acids is 1. The van der Waals surface area contributed by atoms with Gasteiger partial charge in [-0.15, -0.1) is 11.3 Å².